The van der Waals surface area contributed by atoms with Crippen LogP contribution in [0, 0.1) is 11.8 Å². The first kappa shape index (κ1) is 14.4. The van der Waals surface area contributed by atoms with Crippen molar-refractivity contribution < 1.29 is 4.79 Å². The molecule has 0 saturated carbocycles. The highest BCUT2D eigenvalue weighted by molar-refractivity contribution is 5.78. The highest BCUT2D eigenvalue weighted by atomic mass is 16.2. The van der Waals surface area contributed by atoms with Gasteiger partial charge in [-0.25, -0.2) is 0 Å². The number of hydrogen-bond acceptors (Lipinski definition) is 2. The Kier molecular flexibility index (Phi) is 6.57. The van der Waals surface area contributed by atoms with Gasteiger partial charge in [0.05, 0.1) is 0 Å². The zero-order valence-electron chi connectivity index (χ0n) is 11.0. The predicted molar refractivity (Wildman–Crippen MR) is 64.8 cm³/mol. The van der Waals surface area contributed by atoms with Gasteiger partial charge in [0, 0.05) is 25.6 Å². The maximum Gasteiger partial charge on any atom is 0.226 e. The summed E-state index contributed by atoms with van der Waals surface area (Å²) in [6.07, 6.45) is 1.06. The number of nitrogens with one attached hydrogen (secondary N) is 1. The minimum absolute atomic E-state index is 0.0645. The van der Waals surface area contributed by atoms with Crippen LogP contribution in [-0.2, 0) is 4.79 Å². The van der Waals surface area contributed by atoms with Gasteiger partial charge in [0.25, 0.3) is 0 Å². The van der Waals surface area contributed by atoms with Crippen LogP contribution >= 0.6 is 0 Å². The second-order valence-electron chi connectivity index (χ2n) is 4.89. The average molecular weight is 214 g/mol. The van der Waals surface area contributed by atoms with Gasteiger partial charge in [-0.3, -0.25) is 4.79 Å². The van der Waals surface area contributed by atoms with Crippen LogP contribution in [0.25, 0.3) is 0 Å². The summed E-state index contributed by atoms with van der Waals surface area (Å²) in [6.45, 7) is 9.21. The average Bonchev–Trinajstić information content (AvgIpc) is 2.14. The van der Waals surface area contributed by atoms with Crippen molar-refractivity contribution in [3.05, 3.63) is 0 Å². The second-order valence-corrected chi connectivity index (χ2v) is 4.89. The molecule has 0 saturated heterocycles. The molecule has 3 nitrogen and oxygen atoms in total. The molecule has 0 heterocycles. The van der Waals surface area contributed by atoms with Gasteiger partial charge in [-0.1, -0.05) is 20.8 Å². The lowest BCUT2D eigenvalue weighted by molar-refractivity contribution is -0.135. The van der Waals surface area contributed by atoms with E-state index in [0.717, 1.165) is 13.0 Å². The Morgan fingerprint density at radius 1 is 1.27 bits per heavy atom. The molecule has 0 spiro atoms. The monoisotopic (exact) mass is 214 g/mol. The van der Waals surface area contributed by atoms with Crippen LogP contribution in [-0.4, -0.2) is 37.5 Å². The van der Waals surface area contributed by atoms with Gasteiger partial charge >= 0.3 is 0 Å². The van der Waals surface area contributed by atoms with Crippen LogP contribution < -0.4 is 5.32 Å². The molecule has 1 N–H and O–H groups in total. The number of amides is 1. The maximum absolute atomic E-state index is 11.9. The highest BCUT2D eigenvalue weighted by Gasteiger charge is 2.21. The Labute approximate surface area is 94.2 Å². The molecule has 2 atom stereocenters. The molecule has 0 aliphatic carbocycles. The number of carbonyl (C=O) groups is 1. The van der Waals surface area contributed by atoms with E-state index in [1.807, 2.05) is 25.9 Å². The molecule has 0 fully saturated rings. The first-order chi connectivity index (χ1) is 6.90. The molecule has 0 radical (unpaired) electrons. The summed E-state index contributed by atoms with van der Waals surface area (Å²) in [6, 6.07) is 0.330. The lowest BCUT2D eigenvalue weighted by Gasteiger charge is -2.28. The summed E-state index contributed by atoms with van der Waals surface area (Å²) in [5, 5.41) is 3.04. The van der Waals surface area contributed by atoms with Gasteiger partial charge in [-0.05, 0) is 26.3 Å². The fraction of sp³-hybridized carbons (Fsp3) is 0.917. The number of nitrogens with zero attached hydrogens (tertiary/aromatic N) is 1. The molecule has 0 rings (SSSR count). The van der Waals surface area contributed by atoms with E-state index in [0.29, 0.717) is 12.0 Å². The first-order valence-corrected chi connectivity index (χ1v) is 5.81. The van der Waals surface area contributed by atoms with E-state index in [9.17, 15) is 4.79 Å². The Hall–Kier alpha value is -0.570. The van der Waals surface area contributed by atoms with E-state index >= 15 is 0 Å². The molecule has 1 amide bonds. The fourth-order valence-corrected chi connectivity index (χ4v) is 1.80. The van der Waals surface area contributed by atoms with Crippen LogP contribution in [0.3, 0.4) is 0 Å². The molecule has 0 aliphatic heterocycles. The molecule has 2 unspecified atom stereocenters. The zero-order chi connectivity index (χ0) is 12.0. The van der Waals surface area contributed by atoms with Crippen LogP contribution in [0.5, 0.6) is 0 Å². The maximum atomic E-state index is 11.9. The summed E-state index contributed by atoms with van der Waals surface area (Å²) in [5.41, 5.74) is 0. The van der Waals surface area contributed by atoms with Gasteiger partial charge in [-0.15, -0.1) is 0 Å². The molecule has 0 aromatic heterocycles. The normalized spacial score (nSPS) is 15.1. The van der Waals surface area contributed by atoms with Crippen molar-refractivity contribution in [2.45, 2.75) is 40.2 Å². The molecule has 0 aromatic carbocycles. The number of rotatable bonds is 6. The minimum Gasteiger partial charge on any atom is -0.343 e. The van der Waals surface area contributed by atoms with Gasteiger partial charge in [0.1, 0.15) is 0 Å². The van der Waals surface area contributed by atoms with E-state index in [2.05, 4.69) is 26.1 Å². The molecule has 0 aromatic rings. The van der Waals surface area contributed by atoms with Crippen molar-refractivity contribution in [3.8, 4) is 0 Å². The topological polar surface area (TPSA) is 32.3 Å². The molecule has 90 valence electrons. The SMILES string of the molecule is CNCC(C)C(=O)N(C)C(C)CC(C)C. The lowest BCUT2D eigenvalue weighted by atomic mass is 10.0. The number of carbonyl (C=O) groups excluding carboxylic acids is 1. The van der Waals surface area contributed by atoms with Crippen molar-refractivity contribution in [3.63, 3.8) is 0 Å². The van der Waals surface area contributed by atoms with Gasteiger partial charge < -0.3 is 10.2 Å². The van der Waals surface area contributed by atoms with Crippen LogP contribution in [0.4, 0.5) is 0 Å². The zero-order valence-corrected chi connectivity index (χ0v) is 11.0. The van der Waals surface area contributed by atoms with E-state index < -0.39 is 0 Å². The van der Waals surface area contributed by atoms with Gasteiger partial charge in [0.2, 0.25) is 5.91 Å². The predicted octanol–water partition coefficient (Wildman–Crippen LogP) is 1.73. The third-order valence-corrected chi connectivity index (χ3v) is 2.75. The third-order valence-electron chi connectivity index (χ3n) is 2.75. The summed E-state index contributed by atoms with van der Waals surface area (Å²) in [5.74, 6) is 0.932. The third kappa shape index (κ3) is 5.17. The fourth-order valence-electron chi connectivity index (χ4n) is 1.80. The van der Waals surface area contributed by atoms with Gasteiger partial charge in [-0.2, -0.15) is 0 Å². The van der Waals surface area contributed by atoms with Gasteiger partial charge in [0.15, 0.2) is 0 Å². The molecule has 0 bridgehead atoms. The van der Waals surface area contributed by atoms with E-state index in [1.165, 1.54) is 0 Å². The van der Waals surface area contributed by atoms with E-state index in [-0.39, 0.29) is 11.8 Å². The Balaban J connectivity index is 4.17. The largest absolute Gasteiger partial charge is 0.343 e. The molecule has 15 heavy (non-hydrogen) atoms. The van der Waals surface area contributed by atoms with Crippen molar-refractivity contribution in [2.24, 2.45) is 11.8 Å². The van der Waals surface area contributed by atoms with Crippen LogP contribution in [0.15, 0.2) is 0 Å². The molecular weight excluding hydrogens is 188 g/mol. The number of hydrogen-bond donors (Lipinski definition) is 1. The Bertz CT molecular complexity index is 192. The highest BCUT2D eigenvalue weighted by Crippen LogP contribution is 2.12. The van der Waals surface area contributed by atoms with Crippen LogP contribution in [0.2, 0.25) is 0 Å². The summed E-state index contributed by atoms with van der Waals surface area (Å²) >= 11 is 0. The van der Waals surface area contributed by atoms with Crippen molar-refractivity contribution in [2.75, 3.05) is 20.6 Å². The van der Waals surface area contributed by atoms with Crippen molar-refractivity contribution in [1.82, 2.24) is 10.2 Å². The summed E-state index contributed by atoms with van der Waals surface area (Å²) < 4.78 is 0. The Morgan fingerprint density at radius 2 is 1.80 bits per heavy atom. The molecular formula is C12H26N2O. The Morgan fingerprint density at radius 3 is 2.20 bits per heavy atom. The molecule has 0 aliphatic rings. The van der Waals surface area contributed by atoms with Crippen molar-refractivity contribution in [1.29, 1.82) is 0 Å². The van der Waals surface area contributed by atoms with E-state index in [1.54, 1.807) is 0 Å². The van der Waals surface area contributed by atoms with E-state index in [4.69, 9.17) is 0 Å². The summed E-state index contributed by atoms with van der Waals surface area (Å²) in [4.78, 5) is 13.8. The van der Waals surface area contributed by atoms with Crippen LogP contribution in [0.1, 0.15) is 34.1 Å². The smallest absolute Gasteiger partial charge is 0.226 e. The lowest BCUT2D eigenvalue weighted by Crippen LogP contribution is -2.41. The molecule has 3 heteroatoms. The first-order valence-electron chi connectivity index (χ1n) is 5.81. The van der Waals surface area contributed by atoms with Crippen molar-refractivity contribution >= 4 is 5.91 Å². The summed E-state index contributed by atoms with van der Waals surface area (Å²) in [7, 11) is 3.78. The quantitative estimate of drug-likeness (QED) is 0.730. The second kappa shape index (κ2) is 6.83. The minimum atomic E-state index is 0.0645. The standard InChI is InChI=1S/C12H26N2O/c1-9(2)7-11(4)14(6)12(15)10(3)8-13-5/h9-11,13H,7-8H2,1-6H3.